The van der Waals surface area contributed by atoms with E-state index in [2.05, 4.69) is 24.4 Å². The Bertz CT molecular complexity index is 533. The Morgan fingerprint density at radius 1 is 1.30 bits per heavy atom. The number of aliphatic hydroxyl groups excluding tert-OH is 1. The first-order valence-electron chi connectivity index (χ1n) is 8.85. The summed E-state index contributed by atoms with van der Waals surface area (Å²) in [5, 5.41) is 13.2. The lowest BCUT2D eigenvalue weighted by atomic mass is 9.85. The van der Waals surface area contributed by atoms with Crippen molar-refractivity contribution in [2.45, 2.75) is 63.1 Å². The molecule has 1 amide bonds. The molecule has 126 valence electrons. The van der Waals surface area contributed by atoms with Crippen molar-refractivity contribution < 1.29 is 9.90 Å². The fourth-order valence-electron chi connectivity index (χ4n) is 4.46. The second kappa shape index (κ2) is 7.02. The maximum absolute atomic E-state index is 12.5. The van der Waals surface area contributed by atoms with Gasteiger partial charge in [-0.1, -0.05) is 43.2 Å². The fraction of sp³-hybridized carbons (Fsp3) is 0.632. The zero-order valence-corrected chi connectivity index (χ0v) is 14.0. The minimum absolute atomic E-state index is 0.0370. The standard InChI is InChI=1S/C19H28N2O2/c1-19-13-16(12-15-8-4-2-5-9-15)21(18(23)14-22)17(19)10-6-3-7-11-20-19/h2,4-5,8-9,16-17,20,22H,3,6-7,10-14H2,1H3/t16-,17+,19+/m1/s1. The van der Waals surface area contributed by atoms with Gasteiger partial charge in [0.15, 0.2) is 0 Å². The second-order valence-corrected chi connectivity index (χ2v) is 7.22. The van der Waals surface area contributed by atoms with Crippen molar-refractivity contribution in [3.8, 4) is 0 Å². The summed E-state index contributed by atoms with van der Waals surface area (Å²) in [6.07, 6.45) is 6.43. The zero-order chi connectivity index (χ0) is 16.3. The Kier molecular flexibility index (Phi) is 5.02. The van der Waals surface area contributed by atoms with Crippen LogP contribution in [0.5, 0.6) is 0 Å². The molecule has 1 aromatic carbocycles. The van der Waals surface area contributed by atoms with Crippen LogP contribution in [0, 0.1) is 0 Å². The first-order chi connectivity index (χ1) is 11.1. The third-order valence-electron chi connectivity index (χ3n) is 5.54. The summed E-state index contributed by atoms with van der Waals surface area (Å²) >= 11 is 0. The van der Waals surface area contributed by atoms with E-state index < -0.39 is 6.61 Å². The van der Waals surface area contributed by atoms with Crippen LogP contribution in [-0.4, -0.2) is 46.7 Å². The Hall–Kier alpha value is -1.39. The van der Waals surface area contributed by atoms with Gasteiger partial charge in [0.25, 0.3) is 0 Å². The topological polar surface area (TPSA) is 52.6 Å². The number of fused-ring (bicyclic) bond motifs is 1. The Labute approximate surface area is 138 Å². The lowest BCUT2D eigenvalue weighted by Gasteiger charge is -2.38. The predicted molar refractivity (Wildman–Crippen MR) is 91.1 cm³/mol. The molecular weight excluding hydrogens is 288 g/mol. The molecule has 2 aliphatic heterocycles. The summed E-state index contributed by atoms with van der Waals surface area (Å²) in [7, 11) is 0. The maximum Gasteiger partial charge on any atom is 0.248 e. The van der Waals surface area contributed by atoms with E-state index in [-0.39, 0.29) is 23.5 Å². The van der Waals surface area contributed by atoms with Gasteiger partial charge in [0.1, 0.15) is 6.61 Å². The number of amides is 1. The number of nitrogens with one attached hydrogen (secondary N) is 1. The molecule has 23 heavy (non-hydrogen) atoms. The van der Waals surface area contributed by atoms with Crippen molar-refractivity contribution in [1.29, 1.82) is 0 Å². The smallest absolute Gasteiger partial charge is 0.248 e. The molecule has 4 heteroatoms. The van der Waals surface area contributed by atoms with E-state index >= 15 is 0 Å². The van der Waals surface area contributed by atoms with Gasteiger partial charge in [-0.05, 0) is 44.7 Å². The quantitative estimate of drug-likeness (QED) is 0.898. The van der Waals surface area contributed by atoms with Gasteiger partial charge in [0, 0.05) is 11.6 Å². The van der Waals surface area contributed by atoms with E-state index in [1.54, 1.807) is 0 Å². The molecule has 0 aromatic heterocycles. The summed E-state index contributed by atoms with van der Waals surface area (Å²) in [6.45, 7) is 2.88. The first kappa shape index (κ1) is 16.5. The number of aliphatic hydroxyl groups is 1. The molecule has 2 fully saturated rings. The highest BCUT2D eigenvalue weighted by molar-refractivity contribution is 5.78. The Balaban J connectivity index is 1.86. The van der Waals surface area contributed by atoms with Crippen molar-refractivity contribution in [3.05, 3.63) is 35.9 Å². The van der Waals surface area contributed by atoms with Crippen molar-refractivity contribution in [2.75, 3.05) is 13.2 Å². The largest absolute Gasteiger partial charge is 0.387 e. The molecule has 0 unspecified atom stereocenters. The zero-order valence-electron chi connectivity index (χ0n) is 14.0. The van der Waals surface area contributed by atoms with E-state index in [1.165, 1.54) is 18.4 Å². The number of hydrogen-bond donors (Lipinski definition) is 2. The SMILES string of the molecule is C[C@]12C[C@@H](Cc3ccccc3)N(C(=O)CO)[C@H]1CCCCCN2. The molecule has 0 spiro atoms. The van der Waals surface area contributed by atoms with Crippen molar-refractivity contribution in [1.82, 2.24) is 10.2 Å². The highest BCUT2D eigenvalue weighted by Crippen LogP contribution is 2.38. The molecule has 0 bridgehead atoms. The number of carbonyl (C=O) groups is 1. The monoisotopic (exact) mass is 316 g/mol. The van der Waals surface area contributed by atoms with E-state index in [4.69, 9.17) is 0 Å². The maximum atomic E-state index is 12.5. The molecule has 1 aromatic rings. The van der Waals surface area contributed by atoms with Gasteiger partial charge in [-0.3, -0.25) is 4.79 Å². The first-order valence-corrected chi connectivity index (χ1v) is 8.85. The van der Waals surface area contributed by atoms with Crippen LogP contribution in [0.2, 0.25) is 0 Å². The van der Waals surface area contributed by atoms with Crippen LogP contribution < -0.4 is 5.32 Å². The average Bonchev–Trinajstić information content (AvgIpc) is 2.80. The van der Waals surface area contributed by atoms with Crippen molar-refractivity contribution in [2.24, 2.45) is 0 Å². The van der Waals surface area contributed by atoms with Crippen molar-refractivity contribution >= 4 is 5.91 Å². The minimum Gasteiger partial charge on any atom is -0.387 e. The van der Waals surface area contributed by atoms with Crippen LogP contribution in [0.25, 0.3) is 0 Å². The summed E-state index contributed by atoms with van der Waals surface area (Å²) in [5.41, 5.74) is 1.22. The predicted octanol–water partition coefficient (Wildman–Crippen LogP) is 2.11. The molecule has 2 saturated heterocycles. The number of rotatable bonds is 3. The van der Waals surface area contributed by atoms with Crippen LogP contribution in [0.1, 0.15) is 44.6 Å². The summed E-state index contributed by atoms with van der Waals surface area (Å²) < 4.78 is 0. The highest BCUT2D eigenvalue weighted by Gasteiger charge is 2.50. The van der Waals surface area contributed by atoms with E-state index in [0.717, 1.165) is 32.2 Å². The van der Waals surface area contributed by atoms with Crippen LogP contribution in [0.15, 0.2) is 30.3 Å². The number of hydrogen-bond acceptors (Lipinski definition) is 3. The molecule has 2 heterocycles. The van der Waals surface area contributed by atoms with Gasteiger partial charge >= 0.3 is 0 Å². The van der Waals surface area contributed by atoms with Gasteiger partial charge in [0.2, 0.25) is 5.91 Å². The van der Waals surface area contributed by atoms with Gasteiger partial charge < -0.3 is 15.3 Å². The number of likely N-dealkylation sites (tertiary alicyclic amines) is 1. The Morgan fingerprint density at radius 2 is 2.09 bits per heavy atom. The fourth-order valence-corrected chi connectivity index (χ4v) is 4.46. The van der Waals surface area contributed by atoms with E-state index in [0.29, 0.717) is 0 Å². The van der Waals surface area contributed by atoms with Crippen molar-refractivity contribution in [3.63, 3.8) is 0 Å². The third-order valence-corrected chi connectivity index (χ3v) is 5.54. The molecule has 2 aliphatic rings. The second-order valence-electron chi connectivity index (χ2n) is 7.22. The van der Waals surface area contributed by atoms with Gasteiger partial charge in [-0.25, -0.2) is 0 Å². The molecule has 4 nitrogen and oxygen atoms in total. The van der Waals surface area contributed by atoms with E-state index in [1.807, 2.05) is 23.1 Å². The lowest BCUT2D eigenvalue weighted by Crippen LogP contribution is -2.55. The molecule has 3 rings (SSSR count). The number of nitrogens with zero attached hydrogens (tertiary/aromatic N) is 1. The number of benzene rings is 1. The minimum atomic E-state index is -0.391. The lowest BCUT2D eigenvalue weighted by molar-refractivity contribution is -0.137. The molecule has 3 atom stereocenters. The number of carbonyl (C=O) groups excluding carboxylic acids is 1. The third kappa shape index (κ3) is 3.43. The highest BCUT2D eigenvalue weighted by atomic mass is 16.3. The van der Waals surface area contributed by atoms with E-state index in [9.17, 15) is 9.90 Å². The summed E-state index contributed by atoms with van der Waals surface area (Å²) in [4.78, 5) is 14.4. The van der Waals surface area contributed by atoms with Crippen LogP contribution in [0.4, 0.5) is 0 Å². The molecule has 2 N–H and O–H groups in total. The molecule has 0 aliphatic carbocycles. The van der Waals surface area contributed by atoms with Gasteiger partial charge in [-0.2, -0.15) is 0 Å². The summed E-state index contributed by atoms with van der Waals surface area (Å²) in [6, 6.07) is 10.7. The normalized spacial score (nSPS) is 31.3. The van der Waals surface area contributed by atoms with Gasteiger partial charge in [-0.15, -0.1) is 0 Å². The summed E-state index contributed by atoms with van der Waals surface area (Å²) in [5.74, 6) is -0.123. The average molecular weight is 316 g/mol. The van der Waals surface area contributed by atoms with Crippen LogP contribution >= 0.6 is 0 Å². The van der Waals surface area contributed by atoms with Crippen LogP contribution in [-0.2, 0) is 11.2 Å². The van der Waals surface area contributed by atoms with Crippen LogP contribution in [0.3, 0.4) is 0 Å². The molecular formula is C19H28N2O2. The van der Waals surface area contributed by atoms with Gasteiger partial charge in [0.05, 0.1) is 6.04 Å². The molecule has 0 saturated carbocycles. The Morgan fingerprint density at radius 3 is 2.83 bits per heavy atom. The molecule has 0 radical (unpaired) electrons.